The van der Waals surface area contributed by atoms with Crippen LogP contribution in [0.4, 0.5) is 0 Å². The number of aryl methyl sites for hydroxylation is 2. The van der Waals surface area contributed by atoms with Crippen LogP contribution in [0.1, 0.15) is 49.9 Å². The maximum atomic E-state index is 4.24. The molecule has 0 fully saturated rings. The van der Waals surface area contributed by atoms with E-state index in [0.29, 0.717) is 0 Å². The van der Waals surface area contributed by atoms with Crippen LogP contribution in [0.15, 0.2) is 12.1 Å². The molecular weight excluding hydrogens is 172 g/mol. The SMILES string of the molecule is c1cc2nnc1CCCCCCCC2. The summed E-state index contributed by atoms with van der Waals surface area (Å²) < 4.78 is 0. The van der Waals surface area contributed by atoms with Crippen LogP contribution in [-0.2, 0) is 12.8 Å². The Bertz CT molecular complexity index is 237. The first-order valence-electron chi connectivity index (χ1n) is 5.77. The van der Waals surface area contributed by atoms with Crippen molar-refractivity contribution >= 4 is 0 Å². The lowest BCUT2D eigenvalue weighted by atomic mass is 10.0. The summed E-state index contributed by atoms with van der Waals surface area (Å²) in [5.74, 6) is 0. The van der Waals surface area contributed by atoms with Gasteiger partial charge in [0.2, 0.25) is 0 Å². The summed E-state index contributed by atoms with van der Waals surface area (Å²) in [6, 6.07) is 4.29. The van der Waals surface area contributed by atoms with Crippen LogP contribution in [0.25, 0.3) is 0 Å². The molecule has 2 heterocycles. The van der Waals surface area contributed by atoms with E-state index in [9.17, 15) is 0 Å². The molecule has 0 saturated heterocycles. The Morgan fingerprint density at radius 1 is 0.643 bits per heavy atom. The third kappa shape index (κ3) is 2.79. The summed E-state index contributed by atoms with van der Waals surface area (Å²) in [5.41, 5.74) is 2.32. The monoisotopic (exact) mass is 190 g/mol. The van der Waals surface area contributed by atoms with Crippen molar-refractivity contribution in [3.63, 3.8) is 0 Å². The van der Waals surface area contributed by atoms with Crippen LogP contribution in [-0.4, -0.2) is 10.2 Å². The molecule has 0 unspecified atom stereocenters. The molecule has 2 nitrogen and oxygen atoms in total. The molecule has 1 aliphatic carbocycles. The summed E-state index contributed by atoms with van der Waals surface area (Å²) in [6.07, 6.45) is 10.2. The van der Waals surface area contributed by atoms with Crippen LogP contribution in [0.5, 0.6) is 0 Å². The van der Waals surface area contributed by atoms with Crippen molar-refractivity contribution in [1.82, 2.24) is 10.2 Å². The van der Waals surface area contributed by atoms with Crippen LogP contribution < -0.4 is 0 Å². The van der Waals surface area contributed by atoms with Gasteiger partial charge in [-0.1, -0.05) is 25.7 Å². The molecular formula is C12H18N2. The zero-order valence-corrected chi connectivity index (χ0v) is 8.71. The molecule has 0 spiro atoms. The van der Waals surface area contributed by atoms with Gasteiger partial charge < -0.3 is 0 Å². The number of rotatable bonds is 0. The highest BCUT2D eigenvalue weighted by molar-refractivity contribution is 5.07. The van der Waals surface area contributed by atoms with Crippen LogP contribution in [0.2, 0.25) is 0 Å². The normalized spacial score (nSPS) is 18.6. The van der Waals surface area contributed by atoms with E-state index < -0.39 is 0 Å². The van der Waals surface area contributed by atoms with Crippen LogP contribution in [0.3, 0.4) is 0 Å². The highest BCUT2D eigenvalue weighted by Crippen LogP contribution is 2.12. The first-order valence-corrected chi connectivity index (χ1v) is 5.77. The third-order valence-electron chi connectivity index (χ3n) is 2.89. The Morgan fingerprint density at radius 3 is 1.50 bits per heavy atom. The lowest BCUT2D eigenvalue weighted by Gasteiger charge is -2.05. The minimum absolute atomic E-state index is 1.10. The van der Waals surface area contributed by atoms with Gasteiger partial charge in [-0.2, -0.15) is 10.2 Å². The van der Waals surface area contributed by atoms with Gasteiger partial charge >= 0.3 is 0 Å². The van der Waals surface area contributed by atoms with E-state index in [1.165, 1.54) is 38.5 Å². The van der Waals surface area contributed by atoms with E-state index in [1.54, 1.807) is 0 Å². The fraction of sp³-hybridized carbons (Fsp3) is 0.667. The van der Waals surface area contributed by atoms with E-state index in [4.69, 9.17) is 0 Å². The van der Waals surface area contributed by atoms with Crippen molar-refractivity contribution in [3.8, 4) is 0 Å². The lowest BCUT2D eigenvalue weighted by Crippen LogP contribution is -1.99. The quantitative estimate of drug-likeness (QED) is 0.628. The molecule has 2 heteroatoms. The Kier molecular flexibility index (Phi) is 3.50. The topological polar surface area (TPSA) is 25.8 Å². The molecule has 1 aromatic heterocycles. The molecule has 0 saturated carbocycles. The largest absolute Gasteiger partial charge is 0.155 e. The van der Waals surface area contributed by atoms with E-state index in [1.807, 2.05) is 0 Å². The first kappa shape index (κ1) is 9.63. The summed E-state index contributed by atoms with van der Waals surface area (Å²) in [7, 11) is 0. The van der Waals surface area contributed by atoms with Crippen LogP contribution >= 0.6 is 0 Å². The van der Waals surface area contributed by atoms with Gasteiger partial charge in [0.25, 0.3) is 0 Å². The maximum Gasteiger partial charge on any atom is 0.0631 e. The molecule has 0 atom stereocenters. The molecule has 3 rings (SSSR count). The second-order valence-electron chi connectivity index (χ2n) is 4.14. The maximum absolute atomic E-state index is 4.24. The van der Waals surface area contributed by atoms with Gasteiger partial charge in [0, 0.05) is 0 Å². The van der Waals surface area contributed by atoms with E-state index in [-0.39, 0.29) is 0 Å². The Hall–Kier alpha value is -0.920. The standard InChI is InChI=1S/C12H18N2/c1-2-4-6-8-12-10-9-11(13-14-12)7-5-3-1/h9-10H,1-8H2. The molecule has 0 aromatic carbocycles. The highest BCUT2D eigenvalue weighted by Gasteiger charge is 2.01. The molecule has 1 aliphatic heterocycles. The smallest absolute Gasteiger partial charge is 0.0631 e. The summed E-state index contributed by atoms with van der Waals surface area (Å²) in [4.78, 5) is 0. The lowest BCUT2D eigenvalue weighted by molar-refractivity contribution is 0.578. The molecule has 2 bridgehead atoms. The van der Waals surface area contributed by atoms with Crippen molar-refractivity contribution < 1.29 is 0 Å². The number of nitrogens with zero attached hydrogens (tertiary/aromatic N) is 2. The number of hydrogen-bond acceptors (Lipinski definition) is 2. The van der Waals surface area contributed by atoms with Gasteiger partial charge in [-0.25, -0.2) is 0 Å². The van der Waals surface area contributed by atoms with Crippen molar-refractivity contribution in [2.75, 3.05) is 0 Å². The predicted molar refractivity (Wildman–Crippen MR) is 57.1 cm³/mol. The Labute approximate surface area is 85.8 Å². The fourth-order valence-electron chi connectivity index (χ4n) is 1.97. The summed E-state index contributed by atoms with van der Waals surface area (Å²) in [5, 5.41) is 8.49. The highest BCUT2D eigenvalue weighted by atomic mass is 15.1. The number of hydrogen-bond donors (Lipinski definition) is 0. The second kappa shape index (κ2) is 5.08. The van der Waals surface area contributed by atoms with Gasteiger partial charge in [0.1, 0.15) is 0 Å². The summed E-state index contributed by atoms with van der Waals surface area (Å²) >= 11 is 0. The first-order chi connectivity index (χ1) is 6.95. The Morgan fingerprint density at radius 2 is 1.07 bits per heavy atom. The van der Waals surface area contributed by atoms with Gasteiger partial charge in [-0.3, -0.25) is 0 Å². The van der Waals surface area contributed by atoms with Gasteiger partial charge in [0.05, 0.1) is 11.4 Å². The van der Waals surface area contributed by atoms with Crippen molar-refractivity contribution in [3.05, 3.63) is 23.5 Å². The van der Waals surface area contributed by atoms with Crippen molar-refractivity contribution in [2.45, 2.75) is 51.4 Å². The molecule has 0 radical (unpaired) electrons. The zero-order chi connectivity index (χ0) is 9.64. The number of fused-ring (bicyclic) bond motifs is 9. The summed E-state index contributed by atoms with van der Waals surface area (Å²) in [6.45, 7) is 0. The van der Waals surface area contributed by atoms with Crippen LogP contribution in [0, 0.1) is 0 Å². The second-order valence-corrected chi connectivity index (χ2v) is 4.14. The molecule has 1 aromatic rings. The molecule has 14 heavy (non-hydrogen) atoms. The van der Waals surface area contributed by atoms with Gasteiger partial charge in [0.15, 0.2) is 0 Å². The van der Waals surface area contributed by atoms with Gasteiger partial charge in [-0.05, 0) is 37.8 Å². The zero-order valence-electron chi connectivity index (χ0n) is 8.71. The minimum Gasteiger partial charge on any atom is -0.155 e. The van der Waals surface area contributed by atoms with E-state index >= 15 is 0 Å². The average molecular weight is 190 g/mol. The molecule has 0 amide bonds. The Balaban J connectivity index is 2.04. The van der Waals surface area contributed by atoms with Gasteiger partial charge in [-0.15, -0.1) is 0 Å². The molecule has 0 N–H and O–H groups in total. The van der Waals surface area contributed by atoms with Crippen molar-refractivity contribution in [1.29, 1.82) is 0 Å². The fourth-order valence-corrected chi connectivity index (χ4v) is 1.97. The molecule has 2 aliphatic rings. The average Bonchev–Trinajstić information content (AvgIpc) is 2.20. The van der Waals surface area contributed by atoms with E-state index in [0.717, 1.165) is 24.2 Å². The third-order valence-corrected chi connectivity index (χ3v) is 2.89. The van der Waals surface area contributed by atoms with E-state index in [2.05, 4.69) is 22.3 Å². The number of aromatic nitrogens is 2. The predicted octanol–water partition coefficient (Wildman–Crippen LogP) is 2.92. The molecule has 76 valence electrons. The minimum atomic E-state index is 1.10. The van der Waals surface area contributed by atoms with Crippen molar-refractivity contribution in [2.24, 2.45) is 0 Å².